The number of esters is 1. The molecule has 138 valence electrons. The first-order valence-electron chi connectivity index (χ1n) is 8.18. The Bertz CT molecular complexity index is 1060. The molecule has 0 radical (unpaired) electrons. The second-order valence-electron chi connectivity index (χ2n) is 6.05. The van der Waals surface area contributed by atoms with Gasteiger partial charge in [-0.05, 0) is 24.3 Å². The number of rotatable bonds is 5. The van der Waals surface area contributed by atoms with Gasteiger partial charge in [0.05, 0.1) is 11.1 Å². The number of anilines is 1. The Labute approximate surface area is 154 Å². The number of hydrogen-bond acceptors (Lipinski definition) is 4. The van der Waals surface area contributed by atoms with Gasteiger partial charge in [0, 0.05) is 36.8 Å². The molecule has 0 aliphatic heterocycles. The van der Waals surface area contributed by atoms with Crippen molar-refractivity contribution >= 4 is 34.3 Å². The molecule has 0 atom stereocenters. The Morgan fingerprint density at radius 1 is 1.11 bits per heavy atom. The molecule has 7 heteroatoms. The van der Waals surface area contributed by atoms with Gasteiger partial charge < -0.3 is 14.6 Å². The summed E-state index contributed by atoms with van der Waals surface area (Å²) in [6.45, 7) is 0.710. The van der Waals surface area contributed by atoms with E-state index in [0.717, 1.165) is 11.6 Å². The van der Waals surface area contributed by atoms with Crippen molar-refractivity contribution in [2.45, 2.75) is 6.92 Å². The molecule has 2 aromatic carbocycles. The predicted octanol–water partition coefficient (Wildman–Crippen LogP) is 3.32. The molecule has 0 aliphatic carbocycles. The fraction of sp³-hybridized carbons (Fsp3) is 0.150. The first kappa shape index (κ1) is 18.3. The Balaban J connectivity index is 1.71. The summed E-state index contributed by atoms with van der Waals surface area (Å²) in [7, 11) is 1.80. The van der Waals surface area contributed by atoms with E-state index in [1.165, 1.54) is 19.1 Å². The number of nitrogens with zero attached hydrogens (tertiary/aromatic N) is 1. The Morgan fingerprint density at radius 2 is 1.85 bits per heavy atom. The van der Waals surface area contributed by atoms with Crippen LogP contribution in [0, 0.1) is 5.82 Å². The maximum Gasteiger partial charge on any atom is 0.340 e. The lowest BCUT2D eigenvalue weighted by Crippen LogP contribution is -2.15. The maximum absolute atomic E-state index is 14.1. The average molecular weight is 368 g/mol. The zero-order valence-corrected chi connectivity index (χ0v) is 14.8. The largest absolute Gasteiger partial charge is 0.454 e. The summed E-state index contributed by atoms with van der Waals surface area (Å²) >= 11 is 0. The highest BCUT2D eigenvalue weighted by Gasteiger charge is 2.18. The van der Waals surface area contributed by atoms with Crippen molar-refractivity contribution in [1.82, 2.24) is 4.57 Å². The van der Waals surface area contributed by atoms with E-state index in [-0.39, 0.29) is 17.2 Å². The number of nitrogens with one attached hydrogen (secondary N) is 1. The van der Waals surface area contributed by atoms with Gasteiger partial charge in [-0.3, -0.25) is 9.59 Å². The molecule has 0 spiro atoms. The van der Waals surface area contributed by atoms with Gasteiger partial charge in [-0.25, -0.2) is 9.18 Å². The quantitative estimate of drug-likeness (QED) is 0.554. The van der Waals surface area contributed by atoms with E-state index in [1.807, 2.05) is 12.1 Å². The van der Waals surface area contributed by atoms with Crippen molar-refractivity contribution in [3.8, 4) is 0 Å². The van der Waals surface area contributed by atoms with E-state index < -0.39 is 24.2 Å². The second-order valence-corrected chi connectivity index (χ2v) is 6.05. The number of carbonyl (C=O) groups is 3. The summed E-state index contributed by atoms with van der Waals surface area (Å²) in [5.74, 6) is -2.48. The van der Waals surface area contributed by atoms with E-state index in [4.69, 9.17) is 4.74 Å². The smallest absolute Gasteiger partial charge is 0.340 e. The van der Waals surface area contributed by atoms with E-state index in [1.54, 1.807) is 29.9 Å². The van der Waals surface area contributed by atoms with Crippen LogP contribution in [0.5, 0.6) is 0 Å². The normalized spacial score (nSPS) is 10.6. The predicted molar refractivity (Wildman–Crippen MR) is 98.2 cm³/mol. The number of aryl methyl sites for hydroxylation is 1. The van der Waals surface area contributed by atoms with Gasteiger partial charge in [0.15, 0.2) is 6.61 Å². The van der Waals surface area contributed by atoms with Gasteiger partial charge in [0.2, 0.25) is 11.7 Å². The lowest BCUT2D eigenvalue weighted by molar-refractivity contribution is -0.114. The molecule has 0 saturated carbocycles. The van der Waals surface area contributed by atoms with Gasteiger partial charge in [-0.2, -0.15) is 0 Å². The van der Waals surface area contributed by atoms with Gasteiger partial charge in [0.25, 0.3) is 0 Å². The van der Waals surface area contributed by atoms with Crippen LogP contribution in [-0.4, -0.2) is 28.8 Å². The number of amides is 1. The highest BCUT2D eigenvalue weighted by Crippen LogP contribution is 2.21. The molecular weight excluding hydrogens is 351 g/mol. The number of Topliss-reactive ketones (excluding diaryl/α,β-unsaturated/α-hetero) is 1. The minimum Gasteiger partial charge on any atom is -0.454 e. The number of fused-ring (bicyclic) bond motifs is 1. The number of hydrogen-bond donors (Lipinski definition) is 1. The van der Waals surface area contributed by atoms with E-state index >= 15 is 0 Å². The summed E-state index contributed by atoms with van der Waals surface area (Å²) in [4.78, 5) is 35.5. The minimum atomic E-state index is -0.799. The van der Waals surface area contributed by atoms with Crippen molar-refractivity contribution in [2.24, 2.45) is 7.05 Å². The third kappa shape index (κ3) is 3.87. The Morgan fingerprint density at radius 3 is 2.56 bits per heavy atom. The molecule has 0 saturated heterocycles. The monoisotopic (exact) mass is 368 g/mol. The van der Waals surface area contributed by atoms with Crippen LogP contribution in [0.15, 0.2) is 48.7 Å². The average Bonchev–Trinajstić information content (AvgIpc) is 2.96. The zero-order chi connectivity index (χ0) is 19.6. The number of aromatic nitrogens is 1. The van der Waals surface area contributed by atoms with Gasteiger partial charge in [0.1, 0.15) is 5.82 Å². The van der Waals surface area contributed by atoms with Crippen LogP contribution >= 0.6 is 0 Å². The number of carbonyl (C=O) groups excluding carboxylic acids is 3. The molecule has 1 aromatic heterocycles. The number of ether oxygens (including phenoxy) is 1. The van der Waals surface area contributed by atoms with Gasteiger partial charge in [-0.1, -0.05) is 18.2 Å². The minimum absolute atomic E-state index is 0.213. The fourth-order valence-corrected chi connectivity index (χ4v) is 2.81. The Hall–Kier alpha value is -3.48. The van der Waals surface area contributed by atoms with E-state index in [2.05, 4.69) is 5.32 Å². The van der Waals surface area contributed by atoms with E-state index in [9.17, 15) is 18.8 Å². The molecule has 3 aromatic rings. The van der Waals surface area contributed by atoms with Crippen molar-refractivity contribution < 1.29 is 23.5 Å². The lowest BCUT2D eigenvalue weighted by atomic mass is 10.1. The van der Waals surface area contributed by atoms with Crippen LogP contribution in [0.4, 0.5) is 10.1 Å². The molecule has 27 heavy (non-hydrogen) atoms. The van der Waals surface area contributed by atoms with Crippen LogP contribution in [0.3, 0.4) is 0 Å². The number of para-hydroxylation sites is 1. The molecule has 1 amide bonds. The standard InChI is InChI=1S/C20H17FN2O4/c1-12(24)22-13-7-8-15(17(21)9-13)19(25)11-27-20(26)16-10-23(2)18-6-4-3-5-14(16)18/h3-10H,11H2,1-2H3,(H,22,24). The Kier molecular flexibility index (Phi) is 5.03. The highest BCUT2D eigenvalue weighted by atomic mass is 19.1. The SMILES string of the molecule is CC(=O)Nc1ccc(C(=O)COC(=O)c2cn(C)c3ccccc23)c(F)c1. The molecule has 0 unspecified atom stereocenters. The van der Waals surface area contributed by atoms with Crippen molar-refractivity contribution in [3.05, 3.63) is 65.6 Å². The summed E-state index contributed by atoms with van der Waals surface area (Å²) in [6.07, 6.45) is 1.63. The van der Waals surface area contributed by atoms with Crippen LogP contribution in [0.1, 0.15) is 27.6 Å². The topological polar surface area (TPSA) is 77.4 Å². The first-order chi connectivity index (χ1) is 12.9. The molecule has 6 nitrogen and oxygen atoms in total. The number of benzene rings is 2. The van der Waals surface area contributed by atoms with Crippen molar-refractivity contribution in [2.75, 3.05) is 11.9 Å². The summed E-state index contributed by atoms with van der Waals surface area (Å²) in [5, 5.41) is 3.14. The third-order valence-electron chi connectivity index (χ3n) is 4.04. The van der Waals surface area contributed by atoms with Crippen molar-refractivity contribution in [3.63, 3.8) is 0 Å². The number of halogens is 1. The number of ketones is 1. The summed E-state index contributed by atoms with van der Waals surface area (Å²) in [6, 6.07) is 11.0. The van der Waals surface area contributed by atoms with E-state index in [0.29, 0.717) is 10.9 Å². The molecule has 3 rings (SSSR count). The highest BCUT2D eigenvalue weighted by molar-refractivity contribution is 6.06. The van der Waals surface area contributed by atoms with Crippen LogP contribution in [-0.2, 0) is 16.6 Å². The van der Waals surface area contributed by atoms with Gasteiger partial charge in [-0.15, -0.1) is 0 Å². The van der Waals surface area contributed by atoms with Crippen molar-refractivity contribution in [1.29, 1.82) is 0 Å². The fourth-order valence-electron chi connectivity index (χ4n) is 2.81. The molecule has 0 aliphatic rings. The zero-order valence-electron chi connectivity index (χ0n) is 14.8. The third-order valence-corrected chi connectivity index (χ3v) is 4.04. The van der Waals surface area contributed by atoms with Gasteiger partial charge >= 0.3 is 5.97 Å². The molecule has 0 bridgehead atoms. The maximum atomic E-state index is 14.1. The summed E-state index contributed by atoms with van der Waals surface area (Å²) in [5.41, 5.74) is 1.22. The van der Waals surface area contributed by atoms with Crippen LogP contribution in [0.25, 0.3) is 10.9 Å². The van der Waals surface area contributed by atoms with Crippen LogP contribution in [0.2, 0.25) is 0 Å². The first-order valence-corrected chi connectivity index (χ1v) is 8.18. The molecule has 1 N–H and O–H groups in total. The molecule has 0 fully saturated rings. The second kappa shape index (κ2) is 7.41. The van der Waals surface area contributed by atoms with Crippen LogP contribution < -0.4 is 5.32 Å². The summed E-state index contributed by atoms with van der Waals surface area (Å²) < 4.78 is 21.0. The molecular formula is C20H17FN2O4. The molecule has 1 heterocycles. The lowest BCUT2D eigenvalue weighted by Gasteiger charge is -2.07.